The summed E-state index contributed by atoms with van der Waals surface area (Å²) in [7, 11) is 0. The Morgan fingerprint density at radius 3 is 2.80 bits per heavy atom. The summed E-state index contributed by atoms with van der Waals surface area (Å²) in [4.78, 5) is 13.6. The molecule has 1 aromatic rings. The minimum absolute atomic E-state index is 0.232. The quantitative estimate of drug-likeness (QED) is 0.779. The van der Waals surface area contributed by atoms with E-state index < -0.39 is 0 Å². The van der Waals surface area contributed by atoms with E-state index in [2.05, 4.69) is 31.2 Å². The molecule has 1 fully saturated rings. The number of anilines is 1. The number of β-amino-alcohol motifs (C(OH)–C–C–N with tert-alkyl or cyclic N) is 1. The minimum atomic E-state index is 0.232. The van der Waals surface area contributed by atoms with Gasteiger partial charge in [-0.15, -0.1) is 0 Å². The fourth-order valence-corrected chi connectivity index (χ4v) is 2.74. The Balaban J connectivity index is 1.74. The van der Waals surface area contributed by atoms with Gasteiger partial charge in [0.05, 0.1) is 18.7 Å². The van der Waals surface area contributed by atoms with Crippen LogP contribution in [-0.4, -0.2) is 73.2 Å². The van der Waals surface area contributed by atoms with Gasteiger partial charge in [-0.25, -0.2) is 4.98 Å². The molecule has 0 bridgehead atoms. The Hall–Kier alpha value is -1.66. The van der Waals surface area contributed by atoms with Gasteiger partial charge >= 0.3 is 0 Å². The first-order chi connectivity index (χ1) is 9.88. The van der Waals surface area contributed by atoms with Crippen LogP contribution in [0.25, 0.3) is 0 Å². The molecule has 1 saturated heterocycles. The summed E-state index contributed by atoms with van der Waals surface area (Å²) < 4.78 is 0. The van der Waals surface area contributed by atoms with Crippen molar-refractivity contribution in [2.75, 3.05) is 57.3 Å². The Kier molecular flexibility index (Phi) is 4.13. The van der Waals surface area contributed by atoms with Crippen molar-refractivity contribution in [1.29, 1.82) is 0 Å². The largest absolute Gasteiger partial charge is 0.395 e. The van der Waals surface area contributed by atoms with Gasteiger partial charge in [0.1, 0.15) is 11.7 Å². The van der Waals surface area contributed by atoms with Crippen LogP contribution in [0.15, 0.2) is 23.3 Å². The lowest BCUT2D eigenvalue weighted by Gasteiger charge is -2.35. The Bertz CT molecular complexity index is 482. The van der Waals surface area contributed by atoms with Gasteiger partial charge in [0, 0.05) is 45.5 Å². The molecule has 2 N–H and O–H groups in total. The normalized spacial score (nSPS) is 19.9. The van der Waals surface area contributed by atoms with Gasteiger partial charge in [-0.1, -0.05) is 0 Å². The average molecular weight is 275 g/mol. The molecule has 6 heteroatoms. The molecule has 0 aromatic carbocycles. The maximum atomic E-state index is 9.00. The number of piperazine rings is 1. The molecule has 3 heterocycles. The highest BCUT2D eigenvalue weighted by molar-refractivity contribution is 6.03. The fourth-order valence-electron chi connectivity index (χ4n) is 2.74. The molecule has 1 aromatic heterocycles. The van der Waals surface area contributed by atoms with Crippen molar-refractivity contribution in [3.05, 3.63) is 23.9 Å². The first-order valence-corrected chi connectivity index (χ1v) is 7.20. The highest BCUT2D eigenvalue weighted by Crippen LogP contribution is 2.20. The van der Waals surface area contributed by atoms with Crippen LogP contribution in [0.5, 0.6) is 0 Å². The van der Waals surface area contributed by atoms with Gasteiger partial charge in [-0.2, -0.15) is 0 Å². The smallest absolute Gasteiger partial charge is 0.139 e. The van der Waals surface area contributed by atoms with E-state index in [-0.39, 0.29) is 6.61 Å². The van der Waals surface area contributed by atoms with Gasteiger partial charge < -0.3 is 15.3 Å². The Labute approximate surface area is 119 Å². The van der Waals surface area contributed by atoms with E-state index in [1.807, 2.05) is 12.3 Å². The summed E-state index contributed by atoms with van der Waals surface area (Å²) in [5.74, 6) is 1.98. The standard InChI is InChI=1S/C14H21N5O/c20-11-10-18-6-8-19(9-7-18)14-12(2-1-3-17-14)13-15-4-5-16-13/h1-3,20H,4-11H2,(H,15,16). The Morgan fingerprint density at radius 1 is 1.25 bits per heavy atom. The molecule has 2 aliphatic rings. The number of amidine groups is 1. The number of aliphatic hydroxyl groups excluding tert-OH is 1. The second-order valence-electron chi connectivity index (χ2n) is 5.08. The molecule has 0 atom stereocenters. The van der Waals surface area contributed by atoms with Crippen LogP contribution in [0, 0.1) is 0 Å². The second-order valence-corrected chi connectivity index (χ2v) is 5.08. The van der Waals surface area contributed by atoms with E-state index in [0.29, 0.717) is 0 Å². The first-order valence-electron chi connectivity index (χ1n) is 7.20. The molecule has 0 spiro atoms. The van der Waals surface area contributed by atoms with Crippen molar-refractivity contribution >= 4 is 11.7 Å². The fraction of sp³-hybridized carbons (Fsp3) is 0.571. The highest BCUT2D eigenvalue weighted by Gasteiger charge is 2.22. The van der Waals surface area contributed by atoms with E-state index in [9.17, 15) is 0 Å². The highest BCUT2D eigenvalue weighted by atomic mass is 16.3. The van der Waals surface area contributed by atoms with E-state index in [0.717, 1.165) is 63.0 Å². The van der Waals surface area contributed by atoms with Gasteiger partial charge in [-0.05, 0) is 12.1 Å². The topological polar surface area (TPSA) is 64.0 Å². The number of aliphatic imine (C=N–C) groups is 1. The van der Waals surface area contributed by atoms with E-state index >= 15 is 0 Å². The minimum Gasteiger partial charge on any atom is -0.395 e. The first kappa shape index (κ1) is 13.3. The maximum Gasteiger partial charge on any atom is 0.139 e. The van der Waals surface area contributed by atoms with E-state index in [4.69, 9.17) is 5.11 Å². The van der Waals surface area contributed by atoms with Crippen molar-refractivity contribution in [1.82, 2.24) is 15.2 Å². The molecule has 0 amide bonds. The molecule has 0 unspecified atom stereocenters. The van der Waals surface area contributed by atoms with Crippen molar-refractivity contribution in [3.63, 3.8) is 0 Å². The van der Waals surface area contributed by atoms with Crippen molar-refractivity contribution < 1.29 is 5.11 Å². The van der Waals surface area contributed by atoms with Gasteiger partial charge in [0.2, 0.25) is 0 Å². The summed E-state index contributed by atoms with van der Waals surface area (Å²) in [6.07, 6.45) is 1.84. The van der Waals surface area contributed by atoms with E-state index in [1.54, 1.807) is 0 Å². The van der Waals surface area contributed by atoms with Gasteiger partial charge in [-0.3, -0.25) is 9.89 Å². The number of nitrogens with zero attached hydrogens (tertiary/aromatic N) is 4. The van der Waals surface area contributed by atoms with Crippen LogP contribution in [0.2, 0.25) is 0 Å². The summed E-state index contributed by atoms with van der Waals surface area (Å²) >= 11 is 0. The van der Waals surface area contributed by atoms with Crippen molar-refractivity contribution in [3.8, 4) is 0 Å². The molecule has 0 radical (unpaired) electrons. The molecule has 0 aliphatic carbocycles. The monoisotopic (exact) mass is 275 g/mol. The summed E-state index contributed by atoms with van der Waals surface area (Å²) in [5, 5.41) is 12.3. The third-order valence-electron chi connectivity index (χ3n) is 3.80. The number of nitrogens with one attached hydrogen (secondary N) is 1. The molecular weight excluding hydrogens is 254 g/mol. The van der Waals surface area contributed by atoms with Crippen LogP contribution in [-0.2, 0) is 0 Å². The Morgan fingerprint density at radius 2 is 2.10 bits per heavy atom. The number of hydrogen-bond acceptors (Lipinski definition) is 6. The molecule has 108 valence electrons. The zero-order valence-corrected chi connectivity index (χ0v) is 11.6. The molecular formula is C14H21N5O. The number of pyridine rings is 1. The van der Waals surface area contributed by atoms with Crippen LogP contribution in [0.4, 0.5) is 5.82 Å². The number of aliphatic hydroxyl groups is 1. The van der Waals surface area contributed by atoms with Crippen LogP contribution < -0.4 is 10.2 Å². The second kappa shape index (κ2) is 6.19. The van der Waals surface area contributed by atoms with Crippen LogP contribution in [0.1, 0.15) is 5.56 Å². The molecule has 2 aliphatic heterocycles. The summed E-state index contributed by atoms with van der Waals surface area (Å²) in [6, 6.07) is 4.04. The molecule has 0 saturated carbocycles. The molecule has 20 heavy (non-hydrogen) atoms. The number of hydrogen-bond donors (Lipinski definition) is 2. The third-order valence-corrected chi connectivity index (χ3v) is 3.80. The molecule has 3 rings (SSSR count). The zero-order valence-electron chi connectivity index (χ0n) is 11.6. The van der Waals surface area contributed by atoms with Gasteiger partial charge in [0.25, 0.3) is 0 Å². The predicted octanol–water partition coefficient (Wildman–Crippen LogP) is -0.454. The van der Waals surface area contributed by atoms with Crippen molar-refractivity contribution in [2.45, 2.75) is 0 Å². The number of rotatable bonds is 4. The lowest BCUT2D eigenvalue weighted by molar-refractivity contribution is 0.188. The van der Waals surface area contributed by atoms with Crippen molar-refractivity contribution in [2.24, 2.45) is 4.99 Å². The summed E-state index contributed by atoms with van der Waals surface area (Å²) in [5.41, 5.74) is 1.10. The maximum absolute atomic E-state index is 9.00. The summed E-state index contributed by atoms with van der Waals surface area (Å²) in [6.45, 7) is 6.57. The third kappa shape index (κ3) is 2.76. The number of aromatic nitrogens is 1. The predicted molar refractivity (Wildman–Crippen MR) is 79.4 cm³/mol. The lowest BCUT2D eigenvalue weighted by atomic mass is 10.2. The van der Waals surface area contributed by atoms with E-state index in [1.165, 1.54) is 0 Å². The SMILES string of the molecule is OCCN1CCN(c2ncccc2C2=NCCN2)CC1. The van der Waals surface area contributed by atoms with Crippen LogP contribution >= 0.6 is 0 Å². The van der Waals surface area contributed by atoms with Crippen LogP contribution in [0.3, 0.4) is 0 Å². The molecule has 6 nitrogen and oxygen atoms in total. The van der Waals surface area contributed by atoms with Gasteiger partial charge in [0.15, 0.2) is 0 Å². The zero-order chi connectivity index (χ0) is 13.8. The lowest BCUT2D eigenvalue weighted by Crippen LogP contribution is -2.48. The average Bonchev–Trinajstić information content (AvgIpc) is 3.03.